The summed E-state index contributed by atoms with van der Waals surface area (Å²) in [7, 11) is 0. The molecule has 0 aliphatic rings. The molecule has 1 aromatic carbocycles. The molecule has 1 aromatic rings. The van der Waals surface area contributed by atoms with Crippen LogP contribution in [0, 0.1) is 5.92 Å². The first kappa shape index (κ1) is 16.7. The number of amides is 2. The summed E-state index contributed by atoms with van der Waals surface area (Å²) < 4.78 is 0. The second-order valence-electron chi connectivity index (χ2n) is 5.02. The molecule has 1 rings (SSSR count). The van der Waals surface area contributed by atoms with E-state index in [0.717, 1.165) is 0 Å². The van der Waals surface area contributed by atoms with Gasteiger partial charge in [-0.05, 0) is 30.7 Å². The monoisotopic (exact) mass is 292 g/mol. The largest absolute Gasteiger partial charge is 0.481 e. The van der Waals surface area contributed by atoms with Gasteiger partial charge in [-0.1, -0.05) is 13.8 Å². The fraction of sp³-hybridized carbons (Fsp3) is 0.400. The SMILES string of the molecule is CC(C)C(=O)Nc1ccc(NC(=O)CCCC(=O)O)cc1. The van der Waals surface area contributed by atoms with Gasteiger partial charge in [0.15, 0.2) is 0 Å². The van der Waals surface area contributed by atoms with E-state index in [4.69, 9.17) is 5.11 Å². The summed E-state index contributed by atoms with van der Waals surface area (Å²) in [5, 5.41) is 13.9. The van der Waals surface area contributed by atoms with E-state index in [2.05, 4.69) is 10.6 Å². The van der Waals surface area contributed by atoms with Gasteiger partial charge in [-0.3, -0.25) is 14.4 Å². The Balaban J connectivity index is 2.45. The average molecular weight is 292 g/mol. The van der Waals surface area contributed by atoms with Gasteiger partial charge < -0.3 is 15.7 Å². The lowest BCUT2D eigenvalue weighted by Crippen LogP contribution is -2.17. The third-order valence-corrected chi connectivity index (χ3v) is 2.76. The lowest BCUT2D eigenvalue weighted by molar-refractivity contribution is -0.137. The van der Waals surface area contributed by atoms with Crippen LogP contribution < -0.4 is 10.6 Å². The topological polar surface area (TPSA) is 95.5 Å². The second kappa shape index (κ2) is 8.04. The Morgan fingerprint density at radius 1 is 1.00 bits per heavy atom. The van der Waals surface area contributed by atoms with Crippen molar-refractivity contribution in [1.29, 1.82) is 0 Å². The molecule has 0 aliphatic heterocycles. The molecule has 0 saturated carbocycles. The molecule has 21 heavy (non-hydrogen) atoms. The molecule has 2 amide bonds. The van der Waals surface area contributed by atoms with Crippen molar-refractivity contribution < 1.29 is 19.5 Å². The molecule has 0 fully saturated rings. The summed E-state index contributed by atoms with van der Waals surface area (Å²) in [5.41, 5.74) is 1.27. The van der Waals surface area contributed by atoms with Crippen molar-refractivity contribution in [3.8, 4) is 0 Å². The summed E-state index contributed by atoms with van der Waals surface area (Å²) in [5.74, 6) is -1.30. The van der Waals surface area contributed by atoms with Crippen LogP contribution in [0.3, 0.4) is 0 Å². The smallest absolute Gasteiger partial charge is 0.303 e. The normalized spacial score (nSPS) is 10.2. The Morgan fingerprint density at radius 3 is 2.00 bits per heavy atom. The van der Waals surface area contributed by atoms with Gasteiger partial charge in [0.2, 0.25) is 11.8 Å². The maximum Gasteiger partial charge on any atom is 0.303 e. The fourth-order valence-corrected chi connectivity index (χ4v) is 1.55. The number of anilines is 2. The summed E-state index contributed by atoms with van der Waals surface area (Å²) >= 11 is 0. The number of carboxylic acid groups (broad SMARTS) is 1. The molecule has 0 spiro atoms. The zero-order chi connectivity index (χ0) is 15.8. The van der Waals surface area contributed by atoms with Gasteiger partial charge in [-0.15, -0.1) is 0 Å². The molecule has 0 unspecified atom stereocenters. The summed E-state index contributed by atoms with van der Waals surface area (Å²) in [6.45, 7) is 3.61. The Bertz CT molecular complexity index is 509. The lowest BCUT2D eigenvalue weighted by Gasteiger charge is -2.09. The van der Waals surface area contributed by atoms with E-state index in [9.17, 15) is 14.4 Å². The van der Waals surface area contributed by atoms with Gasteiger partial charge in [-0.25, -0.2) is 0 Å². The van der Waals surface area contributed by atoms with Crippen molar-refractivity contribution in [1.82, 2.24) is 0 Å². The number of carbonyl (C=O) groups is 3. The van der Waals surface area contributed by atoms with Crippen LogP contribution in [-0.2, 0) is 14.4 Å². The van der Waals surface area contributed by atoms with Crippen LogP contribution in [0.5, 0.6) is 0 Å². The second-order valence-corrected chi connectivity index (χ2v) is 5.02. The van der Waals surface area contributed by atoms with Crippen LogP contribution in [0.2, 0.25) is 0 Å². The molecule has 0 aromatic heterocycles. The van der Waals surface area contributed by atoms with Crippen LogP contribution in [0.4, 0.5) is 11.4 Å². The van der Waals surface area contributed by atoms with E-state index in [1.807, 2.05) is 0 Å². The number of benzene rings is 1. The molecule has 0 aliphatic carbocycles. The summed E-state index contributed by atoms with van der Waals surface area (Å²) in [6.07, 6.45) is 0.454. The van der Waals surface area contributed by atoms with Crippen molar-refractivity contribution in [3.05, 3.63) is 24.3 Å². The molecule has 6 nitrogen and oxygen atoms in total. The Labute approximate surface area is 123 Å². The van der Waals surface area contributed by atoms with Crippen LogP contribution in [0.1, 0.15) is 33.1 Å². The summed E-state index contributed by atoms with van der Waals surface area (Å²) in [6, 6.07) is 6.77. The lowest BCUT2D eigenvalue weighted by atomic mass is 10.2. The number of carbonyl (C=O) groups excluding carboxylic acids is 2. The predicted octanol–water partition coefficient (Wildman–Crippen LogP) is 2.47. The number of hydrogen-bond donors (Lipinski definition) is 3. The van der Waals surface area contributed by atoms with Gasteiger partial charge >= 0.3 is 5.97 Å². The van der Waals surface area contributed by atoms with E-state index in [0.29, 0.717) is 17.8 Å². The molecule has 6 heteroatoms. The first-order chi connectivity index (χ1) is 9.88. The third kappa shape index (κ3) is 6.56. The zero-order valence-corrected chi connectivity index (χ0v) is 12.2. The average Bonchev–Trinajstić information content (AvgIpc) is 2.40. The highest BCUT2D eigenvalue weighted by atomic mass is 16.4. The van der Waals surface area contributed by atoms with Crippen LogP contribution in [-0.4, -0.2) is 22.9 Å². The standard InChI is InChI=1S/C15H20N2O4/c1-10(2)15(21)17-12-8-6-11(7-9-12)16-13(18)4-3-5-14(19)20/h6-10H,3-5H2,1-2H3,(H,16,18)(H,17,21)(H,19,20). The molecule has 0 bridgehead atoms. The van der Waals surface area contributed by atoms with Gasteiger partial charge in [0.1, 0.15) is 0 Å². The zero-order valence-electron chi connectivity index (χ0n) is 12.2. The minimum Gasteiger partial charge on any atom is -0.481 e. The van der Waals surface area contributed by atoms with Crippen molar-refractivity contribution in [2.45, 2.75) is 33.1 Å². The molecular weight excluding hydrogens is 272 g/mol. The Hall–Kier alpha value is -2.37. The van der Waals surface area contributed by atoms with E-state index in [-0.39, 0.29) is 30.6 Å². The highest BCUT2D eigenvalue weighted by molar-refractivity contribution is 5.93. The molecule has 0 saturated heterocycles. The Morgan fingerprint density at radius 2 is 1.52 bits per heavy atom. The number of nitrogens with one attached hydrogen (secondary N) is 2. The number of aliphatic carboxylic acids is 1. The van der Waals surface area contributed by atoms with E-state index in [1.165, 1.54) is 0 Å². The highest BCUT2D eigenvalue weighted by Crippen LogP contribution is 2.15. The van der Waals surface area contributed by atoms with Crippen molar-refractivity contribution in [2.24, 2.45) is 5.92 Å². The highest BCUT2D eigenvalue weighted by Gasteiger charge is 2.07. The molecular formula is C15H20N2O4. The Kier molecular flexibility index (Phi) is 6.39. The minimum absolute atomic E-state index is 0.0202. The van der Waals surface area contributed by atoms with Gasteiger partial charge in [0.25, 0.3) is 0 Å². The van der Waals surface area contributed by atoms with Crippen molar-refractivity contribution in [2.75, 3.05) is 10.6 Å². The number of carboxylic acids is 1. The maximum absolute atomic E-state index is 11.6. The van der Waals surface area contributed by atoms with E-state index < -0.39 is 5.97 Å². The number of hydrogen-bond acceptors (Lipinski definition) is 3. The quantitative estimate of drug-likeness (QED) is 0.719. The van der Waals surface area contributed by atoms with Crippen LogP contribution in [0.25, 0.3) is 0 Å². The van der Waals surface area contributed by atoms with Crippen LogP contribution >= 0.6 is 0 Å². The van der Waals surface area contributed by atoms with Gasteiger partial charge in [0.05, 0.1) is 0 Å². The predicted molar refractivity (Wildman–Crippen MR) is 80.0 cm³/mol. The van der Waals surface area contributed by atoms with E-state index in [1.54, 1.807) is 38.1 Å². The first-order valence-corrected chi connectivity index (χ1v) is 6.81. The molecule has 3 N–H and O–H groups in total. The fourth-order valence-electron chi connectivity index (χ4n) is 1.55. The van der Waals surface area contributed by atoms with E-state index >= 15 is 0 Å². The van der Waals surface area contributed by atoms with Gasteiger partial charge in [-0.2, -0.15) is 0 Å². The molecule has 114 valence electrons. The van der Waals surface area contributed by atoms with Crippen LogP contribution in [0.15, 0.2) is 24.3 Å². The van der Waals surface area contributed by atoms with Crippen molar-refractivity contribution in [3.63, 3.8) is 0 Å². The molecule has 0 atom stereocenters. The number of rotatable bonds is 7. The molecule has 0 radical (unpaired) electrons. The first-order valence-electron chi connectivity index (χ1n) is 6.81. The van der Waals surface area contributed by atoms with Gasteiger partial charge in [0, 0.05) is 30.1 Å². The third-order valence-electron chi connectivity index (χ3n) is 2.76. The minimum atomic E-state index is -0.909. The maximum atomic E-state index is 11.6. The summed E-state index contributed by atoms with van der Waals surface area (Å²) in [4.78, 5) is 33.4. The van der Waals surface area contributed by atoms with Crippen molar-refractivity contribution >= 4 is 29.2 Å². The molecule has 0 heterocycles.